The average molecular weight is 438 g/mol. The van der Waals surface area contributed by atoms with Crippen molar-refractivity contribution < 1.29 is 4.79 Å². The maximum Gasteiger partial charge on any atom is 0.253 e. The normalized spacial score (nSPS) is 17.4. The summed E-state index contributed by atoms with van der Waals surface area (Å²) in [4.78, 5) is 34.1. The van der Waals surface area contributed by atoms with Crippen LogP contribution in [-0.2, 0) is 13.0 Å². The van der Waals surface area contributed by atoms with Crippen molar-refractivity contribution in [1.29, 1.82) is 0 Å². The zero-order valence-corrected chi connectivity index (χ0v) is 18.6. The predicted octanol–water partition coefficient (Wildman–Crippen LogP) is 4.34. The van der Waals surface area contributed by atoms with Gasteiger partial charge in [-0.05, 0) is 60.7 Å². The number of nitrogens with zero attached hydrogens (tertiary/aromatic N) is 2. The molecule has 0 radical (unpaired) electrons. The second-order valence-corrected chi connectivity index (χ2v) is 9.27. The van der Waals surface area contributed by atoms with Crippen LogP contribution in [0, 0.1) is 0 Å². The number of nitrogens with one attached hydrogen (secondary N) is 1. The molecule has 3 heterocycles. The van der Waals surface area contributed by atoms with Gasteiger partial charge in [-0.2, -0.15) is 0 Å². The van der Waals surface area contributed by atoms with E-state index in [-0.39, 0.29) is 11.3 Å². The molecular weight excluding hydrogens is 410 g/mol. The fraction of sp³-hybridized carbons (Fsp3) is 0.286. The topological polar surface area (TPSA) is 56.4 Å². The predicted molar refractivity (Wildman–Crippen MR) is 132 cm³/mol. The lowest BCUT2D eigenvalue weighted by Gasteiger charge is -2.40. The minimum absolute atomic E-state index is 0.0203. The van der Waals surface area contributed by atoms with Crippen LogP contribution in [0.3, 0.4) is 0 Å². The van der Waals surface area contributed by atoms with Crippen LogP contribution in [0.1, 0.15) is 34.3 Å². The summed E-state index contributed by atoms with van der Waals surface area (Å²) in [5, 5.41) is 1.22. The van der Waals surface area contributed by atoms with Gasteiger partial charge >= 0.3 is 0 Å². The number of carbonyl (C=O) groups is 1. The first-order valence-electron chi connectivity index (χ1n) is 11.8. The van der Waals surface area contributed by atoms with Crippen LogP contribution < -0.4 is 5.43 Å². The van der Waals surface area contributed by atoms with Crippen LogP contribution in [0.15, 0.2) is 71.5 Å². The average Bonchev–Trinajstić information content (AvgIpc) is 2.88. The molecule has 0 unspecified atom stereocenters. The van der Waals surface area contributed by atoms with Crippen molar-refractivity contribution in [3.05, 3.63) is 93.6 Å². The number of H-pyrrole nitrogens is 1. The SMILES string of the molecule is O=C(c1ccc2[nH]c3ccccc3c(=O)c2c1)N1CCC(N2CCc3ccccc3C2)CC1. The third kappa shape index (κ3) is 3.62. The fourth-order valence-corrected chi connectivity index (χ4v) is 5.50. The largest absolute Gasteiger partial charge is 0.354 e. The van der Waals surface area contributed by atoms with Gasteiger partial charge in [0.25, 0.3) is 5.91 Å². The number of benzene rings is 3. The number of pyridine rings is 1. The molecule has 0 bridgehead atoms. The highest BCUT2D eigenvalue weighted by molar-refractivity contribution is 6.00. The van der Waals surface area contributed by atoms with E-state index in [9.17, 15) is 9.59 Å². The van der Waals surface area contributed by atoms with Crippen molar-refractivity contribution >= 4 is 27.7 Å². The van der Waals surface area contributed by atoms with Crippen LogP contribution in [0.2, 0.25) is 0 Å². The first-order chi connectivity index (χ1) is 16.2. The summed E-state index contributed by atoms with van der Waals surface area (Å²) in [6.45, 7) is 3.62. The Balaban J connectivity index is 1.18. The van der Waals surface area contributed by atoms with E-state index >= 15 is 0 Å². The molecule has 1 saturated heterocycles. The highest BCUT2D eigenvalue weighted by Crippen LogP contribution is 2.26. The van der Waals surface area contributed by atoms with Crippen molar-refractivity contribution in [2.24, 2.45) is 0 Å². The summed E-state index contributed by atoms with van der Waals surface area (Å²) < 4.78 is 0. The number of rotatable bonds is 2. The summed E-state index contributed by atoms with van der Waals surface area (Å²) >= 11 is 0. The summed E-state index contributed by atoms with van der Waals surface area (Å²) in [7, 11) is 0. The van der Waals surface area contributed by atoms with Gasteiger partial charge in [0.05, 0.1) is 0 Å². The van der Waals surface area contributed by atoms with Gasteiger partial charge < -0.3 is 9.88 Å². The number of aromatic nitrogens is 1. The second-order valence-electron chi connectivity index (χ2n) is 9.27. The summed E-state index contributed by atoms with van der Waals surface area (Å²) in [5.41, 5.74) is 5.05. The van der Waals surface area contributed by atoms with E-state index < -0.39 is 0 Å². The van der Waals surface area contributed by atoms with Gasteiger partial charge in [0.15, 0.2) is 5.43 Å². The van der Waals surface area contributed by atoms with E-state index in [1.54, 1.807) is 6.07 Å². The lowest BCUT2D eigenvalue weighted by atomic mass is 9.95. The molecule has 6 rings (SSSR count). The standard InChI is InChI=1S/C28H27N3O2/c32-27-23-7-3-4-8-25(23)29-26-10-9-20(17-24(26)27)28(33)30-15-12-22(13-16-30)31-14-11-19-5-1-2-6-21(19)18-31/h1-10,17,22H,11-16,18H2,(H,29,32). The Morgan fingerprint density at radius 2 is 1.55 bits per heavy atom. The second kappa shape index (κ2) is 8.16. The molecule has 33 heavy (non-hydrogen) atoms. The van der Waals surface area contributed by atoms with E-state index in [1.807, 2.05) is 41.3 Å². The van der Waals surface area contributed by atoms with Gasteiger partial charge in [0, 0.05) is 59.6 Å². The van der Waals surface area contributed by atoms with E-state index in [0.29, 0.717) is 22.4 Å². The number of hydrogen-bond donors (Lipinski definition) is 1. The van der Waals surface area contributed by atoms with Gasteiger partial charge in [-0.25, -0.2) is 0 Å². The van der Waals surface area contributed by atoms with Crippen molar-refractivity contribution in [3.63, 3.8) is 0 Å². The van der Waals surface area contributed by atoms with Crippen molar-refractivity contribution in [2.45, 2.75) is 31.8 Å². The van der Waals surface area contributed by atoms with E-state index in [1.165, 1.54) is 11.1 Å². The molecule has 1 amide bonds. The molecule has 0 aliphatic carbocycles. The molecule has 0 saturated carbocycles. The smallest absolute Gasteiger partial charge is 0.253 e. The van der Waals surface area contributed by atoms with Crippen molar-refractivity contribution in [2.75, 3.05) is 19.6 Å². The zero-order valence-electron chi connectivity index (χ0n) is 18.6. The molecule has 0 atom stereocenters. The molecule has 2 aliphatic heterocycles. The molecule has 3 aromatic carbocycles. The van der Waals surface area contributed by atoms with Crippen LogP contribution in [0.25, 0.3) is 21.8 Å². The van der Waals surface area contributed by atoms with Crippen LogP contribution >= 0.6 is 0 Å². The summed E-state index contributed by atoms with van der Waals surface area (Å²) in [5.74, 6) is 0.0203. The Morgan fingerprint density at radius 3 is 2.39 bits per heavy atom. The highest BCUT2D eigenvalue weighted by Gasteiger charge is 2.29. The fourth-order valence-electron chi connectivity index (χ4n) is 5.50. The van der Waals surface area contributed by atoms with Gasteiger partial charge in [0.2, 0.25) is 0 Å². The number of carbonyl (C=O) groups excluding carboxylic acids is 1. The molecule has 5 nitrogen and oxygen atoms in total. The molecule has 0 spiro atoms. The molecule has 1 fully saturated rings. The van der Waals surface area contributed by atoms with Crippen LogP contribution in [0.5, 0.6) is 0 Å². The molecule has 2 aliphatic rings. The molecular formula is C28H27N3O2. The maximum absolute atomic E-state index is 13.3. The Bertz CT molecular complexity index is 1420. The first-order valence-corrected chi connectivity index (χ1v) is 11.8. The number of likely N-dealkylation sites (tertiary alicyclic amines) is 1. The Morgan fingerprint density at radius 1 is 0.818 bits per heavy atom. The minimum atomic E-state index is -0.0295. The Labute approximate surface area is 192 Å². The lowest BCUT2D eigenvalue weighted by molar-refractivity contribution is 0.0599. The monoisotopic (exact) mass is 437 g/mol. The van der Waals surface area contributed by atoms with Crippen molar-refractivity contribution in [1.82, 2.24) is 14.8 Å². The molecule has 166 valence electrons. The van der Waals surface area contributed by atoms with Crippen molar-refractivity contribution in [3.8, 4) is 0 Å². The van der Waals surface area contributed by atoms with E-state index in [4.69, 9.17) is 0 Å². The first kappa shape index (κ1) is 20.2. The molecule has 1 aromatic heterocycles. The Kier molecular flexibility index (Phi) is 4.99. The van der Waals surface area contributed by atoms with Gasteiger partial charge in [0.1, 0.15) is 0 Å². The van der Waals surface area contributed by atoms with Crippen LogP contribution in [-0.4, -0.2) is 46.4 Å². The Hall–Kier alpha value is -3.44. The number of fused-ring (bicyclic) bond motifs is 3. The highest BCUT2D eigenvalue weighted by atomic mass is 16.2. The summed E-state index contributed by atoms with van der Waals surface area (Å²) in [6.07, 6.45) is 3.09. The third-order valence-electron chi connectivity index (χ3n) is 7.38. The zero-order chi connectivity index (χ0) is 22.4. The number of para-hydroxylation sites is 1. The van der Waals surface area contributed by atoms with E-state index in [0.717, 1.165) is 56.5 Å². The maximum atomic E-state index is 13.3. The van der Waals surface area contributed by atoms with Crippen LogP contribution in [0.4, 0.5) is 0 Å². The lowest BCUT2D eigenvalue weighted by Crippen LogP contribution is -2.48. The summed E-state index contributed by atoms with van der Waals surface area (Å²) in [6, 6.07) is 22.2. The quantitative estimate of drug-likeness (QED) is 0.475. The molecule has 4 aromatic rings. The number of amides is 1. The van der Waals surface area contributed by atoms with Gasteiger partial charge in [-0.15, -0.1) is 0 Å². The molecule has 1 N–H and O–H groups in total. The number of piperidine rings is 1. The van der Waals surface area contributed by atoms with Gasteiger partial charge in [-0.1, -0.05) is 36.4 Å². The van der Waals surface area contributed by atoms with Gasteiger partial charge in [-0.3, -0.25) is 14.5 Å². The number of hydrogen-bond acceptors (Lipinski definition) is 3. The van der Waals surface area contributed by atoms with E-state index in [2.05, 4.69) is 34.1 Å². The third-order valence-corrected chi connectivity index (χ3v) is 7.38. The molecule has 5 heteroatoms. The number of aromatic amines is 1. The minimum Gasteiger partial charge on any atom is -0.354 e.